The average Bonchev–Trinajstić information content (AvgIpc) is 2.39. The first-order valence-electron chi connectivity index (χ1n) is 6.08. The Kier molecular flexibility index (Phi) is 3.60. The number of aryl methyl sites for hydroxylation is 1. The average molecular weight is 230 g/mol. The molecule has 2 rings (SSSR count). The molecular formula is C13H18N4. The molecule has 1 aliphatic heterocycles. The first-order valence-corrected chi connectivity index (χ1v) is 6.08. The third-order valence-electron chi connectivity index (χ3n) is 3.36. The van der Waals surface area contributed by atoms with E-state index in [4.69, 9.17) is 5.26 Å². The van der Waals surface area contributed by atoms with Crippen LogP contribution in [0.2, 0.25) is 0 Å². The van der Waals surface area contributed by atoms with Gasteiger partial charge in [0, 0.05) is 32.4 Å². The molecule has 0 radical (unpaired) electrons. The Morgan fingerprint density at radius 2 is 2.06 bits per heavy atom. The highest BCUT2D eigenvalue weighted by Crippen LogP contribution is 2.16. The zero-order chi connectivity index (χ0) is 12.3. The van der Waals surface area contributed by atoms with Gasteiger partial charge in [0.25, 0.3) is 0 Å². The van der Waals surface area contributed by atoms with Gasteiger partial charge in [-0.3, -0.25) is 0 Å². The maximum absolute atomic E-state index is 8.88. The lowest BCUT2D eigenvalue weighted by Crippen LogP contribution is -2.46. The summed E-state index contributed by atoms with van der Waals surface area (Å²) in [6.45, 7) is 9.51. The molecule has 1 aliphatic rings. The molecule has 1 aromatic rings. The number of likely N-dealkylation sites (N-methyl/N-ethyl adjacent to an activating group) is 1. The Balaban J connectivity index is 2.09. The molecule has 0 aromatic carbocycles. The van der Waals surface area contributed by atoms with Crippen molar-refractivity contribution < 1.29 is 0 Å². The van der Waals surface area contributed by atoms with Crippen LogP contribution in [0, 0.1) is 18.3 Å². The van der Waals surface area contributed by atoms with Crippen molar-refractivity contribution in [3.63, 3.8) is 0 Å². The fourth-order valence-corrected chi connectivity index (χ4v) is 2.12. The van der Waals surface area contributed by atoms with Crippen molar-refractivity contribution >= 4 is 5.82 Å². The van der Waals surface area contributed by atoms with Crippen molar-refractivity contribution in [2.45, 2.75) is 13.8 Å². The molecule has 1 fully saturated rings. The second-order valence-electron chi connectivity index (χ2n) is 4.39. The predicted molar refractivity (Wildman–Crippen MR) is 68.0 cm³/mol. The topological polar surface area (TPSA) is 43.2 Å². The van der Waals surface area contributed by atoms with E-state index in [1.165, 1.54) is 0 Å². The number of hydrogen-bond donors (Lipinski definition) is 0. The molecule has 0 aliphatic carbocycles. The monoisotopic (exact) mass is 230 g/mol. The van der Waals surface area contributed by atoms with E-state index < -0.39 is 0 Å². The van der Waals surface area contributed by atoms with Crippen LogP contribution in [0.3, 0.4) is 0 Å². The van der Waals surface area contributed by atoms with Crippen molar-refractivity contribution in [3.05, 3.63) is 23.4 Å². The number of pyridine rings is 1. The van der Waals surface area contributed by atoms with Gasteiger partial charge in [0.1, 0.15) is 11.9 Å². The first-order chi connectivity index (χ1) is 8.24. The molecule has 1 saturated heterocycles. The number of nitrogens with zero attached hydrogens (tertiary/aromatic N) is 4. The van der Waals surface area contributed by atoms with Gasteiger partial charge in [0.15, 0.2) is 0 Å². The molecule has 90 valence electrons. The minimum absolute atomic E-state index is 0.668. The molecule has 0 saturated carbocycles. The van der Waals surface area contributed by atoms with Crippen LogP contribution >= 0.6 is 0 Å². The zero-order valence-electron chi connectivity index (χ0n) is 10.5. The van der Waals surface area contributed by atoms with Crippen LogP contribution < -0.4 is 4.90 Å². The van der Waals surface area contributed by atoms with Gasteiger partial charge in [-0.1, -0.05) is 6.92 Å². The largest absolute Gasteiger partial charge is 0.354 e. The van der Waals surface area contributed by atoms with Crippen molar-refractivity contribution in [2.75, 3.05) is 37.6 Å². The molecule has 4 nitrogen and oxygen atoms in total. The summed E-state index contributed by atoms with van der Waals surface area (Å²) in [5.41, 5.74) is 1.68. The standard InChI is InChI=1S/C13H18N4/c1-3-16-4-6-17(7-5-16)13-8-11(2)12(9-14)10-15-13/h8,10H,3-7H2,1-2H3. The third-order valence-corrected chi connectivity index (χ3v) is 3.36. The third kappa shape index (κ3) is 2.56. The minimum Gasteiger partial charge on any atom is -0.354 e. The number of nitriles is 1. The maximum atomic E-state index is 8.88. The summed E-state index contributed by atoms with van der Waals surface area (Å²) < 4.78 is 0. The lowest BCUT2D eigenvalue weighted by atomic mass is 10.1. The molecule has 0 unspecified atom stereocenters. The summed E-state index contributed by atoms with van der Waals surface area (Å²) >= 11 is 0. The number of anilines is 1. The van der Waals surface area contributed by atoms with Gasteiger partial charge in [-0.15, -0.1) is 0 Å². The highest BCUT2D eigenvalue weighted by atomic mass is 15.3. The molecular weight excluding hydrogens is 212 g/mol. The number of hydrogen-bond acceptors (Lipinski definition) is 4. The number of aromatic nitrogens is 1. The van der Waals surface area contributed by atoms with Gasteiger partial charge >= 0.3 is 0 Å². The van der Waals surface area contributed by atoms with E-state index in [1.54, 1.807) is 6.20 Å². The molecule has 4 heteroatoms. The van der Waals surface area contributed by atoms with Gasteiger partial charge in [0.05, 0.1) is 5.56 Å². The van der Waals surface area contributed by atoms with Crippen molar-refractivity contribution in [1.82, 2.24) is 9.88 Å². The van der Waals surface area contributed by atoms with Crippen molar-refractivity contribution in [3.8, 4) is 6.07 Å². The second kappa shape index (κ2) is 5.15. The van der Waals surface area contributed by atoms with Gasteiger partial charge in [-0.2, -0.15) is 5.26 Å². The van der Waals surface area contributed by atoms with Gasteiger partial charge in [-0.05, 0) is 25.1 Å². The zero-order valence-corrected chi connectivity index (χ0v) is 10.5. The molecule has 17 heavy (non-hydrogen) atoms. The lowest BCUT2D eigenvalue weighted by molar-refractivity contribution is 0.270. The summed E-state index contributed by atoms with van der Waals surface area (Å²) in [5.74, 6) is 0.997. The lowest BCUT2D eigenvalue weighted by Gasteiger charge is -2.34. The first kappa shape index (κ1) is 11.9. The van der Waals surface area contributed by atoms with Crippen LogP contribution in [0.25, 0.3) is 0 Å². The molecule has 0 bridgehead atoms. The Morgan fingerprint density at radius 3 is 2.59 bits per heavy atom. The Labute approximate surface area is 102 Å². The smallest absolute Gasteiger partial charge is 0.128 e. The van der Waals surface area contributed by atoms with E-state index in [0.29, 0.717) is 5.56 Å². The van der Waals surface area contributed by atoms with Crippen LogP contribution in [0.5, 0.6) is 0 Å². The minimum atomic E-state index is 0.668. The van der Waals surface area contributed by atoms with Crippen molar-refractivity contribution in [1.29, 1.82) is 5.26 Å². The number of rotatable bonds is 2. The summed E-state index contributed by atoms with van der Waals surface area (Å²) in [6, 6.07) is 4.17. The van der Waals surface area contributed by atoms with Crippen LogP contribution in [0.4, 0.5) is 5.82 Å². The quantitative estimate of drug-likeness (QED) is 0.770. The van der Waals surface area contributed by atoms with Gasteiger partial charge in [0.2, 0.25) is 0 Å². The summed E-state index contributed by atoms with van der Waals surface area (Å²) in [7, 11) is 0. The highest BCUT2D eigenvalue weighted by Gasteiger charge is 2.17. The van der Waals surface area contributed by atoms with Gasteiger partial charge < -0.3 is 9.80 Å². The fourth-order valence-electron chi connectivity index (χ4n) is 2.12. The molecule has 2 heterocycles. The molecule has 0 amide bonds. The van der Waals surface area contributed by atoms with E-state index in [1.807, 2.05) is 13.0 Å². The fraction of sp³-hybridized carbons (Fsp3) is 0.538. The predicted octanol–water partition coefficient (Wildman–Crippen LogP) is 1.40. The molecule has 0 spiro atoms. The van der Waals surface area contributed by atoms with Crippen LogP contribution in [0.15, 0.2) is 12.3 Å². The highest BCUT2D eigenvalue weighted by molar-refractivity contribution is 5.47. The Morgan fingerprint density at radius 1 is 1.35 bits per heavy atom. The summed E-state index contributed by atoms with van der Waals surface area (Å²) in [6.07, 6.45) is 1.68. The maximum Gasteiger partial charge on any atom is 0.128 e. The normalized spacial score (nSPS) is 16.9. The van der Waals surface area contributed by atoms with E-state index in [-0.39, 0.29) is 0 Å². The second-order valence-corrected chi connectivity index (χ2v) is 4.39. The van der Waals surface area contributed by atoms with Gasteiger partial charge in [-0.25, -0.2) is 4.98 Å². The van der Waals surface area contributed by atoms with E-state index >= 15 is 0 Å². The SMILES string of the molecule is CCN1CCN(c2cc(C)c(C#N)cn2)CC1. The Hall–Kier alpha value is -1.60. The summed E-state index contributed by atoms with van der Waals surface area (Å²) in [4.78, 5) is 9.10. The van der Waals surface area contributed by atoms with E-state index in [0.717, 1.165) is 44.1 Å². The Bertz CT molecular complexity index is 428. The number of piperazine rings is 1. The van der Waals surface area contributed by atoms with Crippen LogP contribution in [-0.2, 0) is 0 Å². The van der Waals surface area contributed by atoms with Crippen LogP contribution in [0.1, 0.15) is 18.1 Å². The van der Waals surface area contributed by atoms with E-state index in [2.05, 4.69) is 27.8 Å². The molecule has 1 aromatic heterocycles. The van der Waals surface area contributed by atoms with Crippen LogP contribution in [-0.4, -0.2) is 42.6 Å². The molecule has 0 N–H and O–H groups in total. The summed E-state index contributed by atoms with van der Waals surface area (Å²) in [5, 5.41) is 8.88. The van der Waals surface area contributed by atoms with Crippen molar-refractivity contribution in [2.24, 2.45) is 0 Å². The van der Waals surface area contributed by atoms with E-state index in [9.17, 15) is 0 Å². The molecule has 0 atom stereocenters.